The number of esters is 1. The van der Waals surface area contributed by atoms with E-state index in [0.717, 1.165) is 12.3 Å². The van der Waals surface area contributed by atoms with Gasteiger partial charge in [0.1, 0.15) is 5.60 Å². The first-order valence-corrected chi connectivity index (χ1v) is 7.46. The van der Waals surface area contributed by atoms with E-state index in [1.165, 1.54) is 32.1 Å². The van der Waals surface area contributed by atoms with Crippen molar-refractivity contribution >= 4 is 5.97 Å². The maximum absolute atomic E-state index is 12.3. The molecule has 0 N–H and O–H groups in total. The van der Waals surface area contributed by atoms with E-state index in [-0.39, 0.29) is 22.4 Å². The van der Waals surface area contributed by atoms with Crippen LogP contribution < -0.4 is 0 Å². The van der Waals surface area contributed by atoms with Crippen LogP contribution in [0, 0.1) is 16.7 Å². The molecule has 2 bridgehead atoms. The zero-order valence-electron chi connectivity index (χ0n) is 12.6. The lowest BCUT2D eigenvalue weighted by Gasteiger charge is -2.43. The second kappa shape index (κ2) is 4.25. The van der Waals surface area contributed by atoms with Crippen LogP contribution in [0.15, 0.2) is 0 Å². The normalized spacial score (nSPS) is 31.7. The second-order valence-electron chi connectivity index (χ2n) is 7.57. The van der Waals surface area contributed by atoms with Crippen molar-refractivity contribution in [1.29, 1.82) is 0 Å². The minimum atomic E-state index is -0.357. The van der Waals surface area contributed by atoms with Crippen molar-refractivity contribution in [2.75, 3.05) is 0 Å². The molecule has 2 fully saturated rings. The number of hydrogen-bond donors (Lipinski definition) is 0. The van der Waals surface area contributed by atoms with E-state index >= 15 is 0 Å². The molecule has 2 aliphatic carbocycles. The highest BCUT2D eigenvalue weighted by Crippen LogP contribution is 2.60. The van der Waals surface area contributed by atoms with Gasteiger partial charge >= 0.3 is 5.97 Å². The Morgan fingerprint density at radius 2 is 1.78 bits per heavy atom. The van der Waals surface area contributed by atoms with Crippen LogP contribution in [-0.4, -0.2) is 11.6 Å². The van der Waals surface area contributed by atoms with Crippen molar-refractivity contribution in [1.82, 2.24) is 0 Å². The summed E-state index contributed by atoms with van der Waals surface area (Å²) in [4.78, 5) is 12.3. The lowest BCUT2D eigenvalue weighted by atomic mass is 9.71. The van der Waals surface area contributed by atoms with Crippen LogP contribution in [0.4, 0.5) is 0 Å². The highest BCUT2D eigenvalue weighted by Gasteiger charge is 2.56. The Kier molecular flexibility index (Phi) is 3.28. The fourth-order valence-corrected chi connectivity index (χ4v) is 3.66. The summed E-state index contributed by atoms with van der Waals surface area (Å²) in [5.74, 6) is 0.863. The van der Waals surface area contributed by atoms with Gasteiger partial charge in [-0.1, -0.05) is 6.92 Å². The SMILES string of the molecule is CCC(C)(C)C(=O)OC(C)(C)C12CCC(CC1)C2. The van der Waals surface area contributed by atoms with Crippen molar-refractivity contribution in [3.05, 3.63) is 0 Å². The summed E-state index contributed by atoms with van der Waals surface area (Å²) >= 11 is 0. The Morgan fingerprint density at radius 3 is 2.17 bits per heavy atom. The molecule has 2 rings (SSSR count). The zero-order valence-corrected chi connectivity index (χ0v) is 12.6. The smallest absolute Gasteiger partial charge is 0.312 e. The number of fused-ring (bicyclic) bond motifs is 2. The maximum atomic E-state index is 12.3. The van der Waals surface area contributed by atoms with E-state index in [0.29, 0.717) is 0 Å². The first kappa shape index (κ1) is 13.9. The van der Waals surface area contributed by atoms with E-state index in [9.17, 15) is 4.79 Å². The second-order valence-corrected chi connectivity index (χ2v) is 7.57. The average Bonchev–Trinajstić information content (AvgIpc) is 2.90. The number of carbonyl (C=O) groups excluding carboxylic acids is 1. The molecule has 2 nitrogen and oxygen atoms in total. The van der Waals surface area contributed by atoms with Crippen LogP contribution in [0.25, 0.3) is 0 Å². The molecule has 0 aromatic carbocycles. The number of ether oxygens (including phenoxy) is 1. The summed E-state index contributed by atoms with van der Waals surface area (Å²) in [6, 6.07) is 0. The van der Waals surface area contributed by atoms with Gasteiger partial charge in [-0.25, -0.2) is 0 Å². The van der Waals surface area contributed by atoms with Gasteiger partial charge in [0.05, 0.1) is 5.41 Å². The van der Waals surface area contributed by atoms with Gasteiger partial charge in [-0.2, -0.15) is 0 Å². The molecule has 0 aromatic rings. The minimum Gasteiger partial charge on any atom is -0.459 e. The Bertz CT molecular complexity index is 333. The third kappa shape index (κ3) is 2.08. The van der Waals surface area contributed by atoms with Crippen molar-refractivity contribution in [3.63, 3.8) is 0 Å². The molecule has 2 heteroatoms. The molecule has 0 aliphatic heterocycles. The molecule has 18 heavy (non-hydrogen) atoms. The monoisotopic (exact) mass is 252 g/mol. The van der Waals surface area contributed by atoms with Crippen LogP contribution >= 0.6 is 0 Å². The molecule has 0 saturated heterocycles. The Hall–Kier alpha value is -0.530. The minimum absolute atomic E-state index is 0.0280. The third-order valence-corrected chi connectivity index (χ3v) is 5.80. The van der Waals surface area contributed by atoms with Gasteiger partial charge < -0.3 is 4.74 Å². The highest BCUT2D eigenvalue weighted by molar-refractivity contribution is 5.76. The van der Waals surface area contributed by atoms with Crippen LogP contribution in [0.1, 0.15) is 73.1 Å². The van der Waals surface area contributed by atoms with Crippen molar-refractivity contribution in [3.8, 4) is 0 Å². The number of carbonyl (C=O) groups is 1. The number of rotatable bonds is 4. The topological polar surface area (TPSA) is 26.3 Å². The van der Waals surface area contributed by atoms with E-state index < -0.39 is 0 Å². The highest BCUT2D eigenvalue weighted by atomic mass is 16.6. The van der Waals surface area contributed by atoms with Crippen molar-refractivity contribution in [2.24, 2.45) is 16.7 Å². The van der Waals surface area contributed by atoms with Crippen LogP contribution in [0.5, 0.6) is 0 Å². The van der Waals surface area contributed by atoms with E-state index in [4.69, 9.17) is 4.74 Å². The van der Waals surface area contributed by atoms with Crippen molar-refractivity contribution in [2.45, 2.75) is 78.7 Å². The molecule has 0 spiro atoms. The summed E-state index contributed by atoms with van der Waals surface area (Å²) in [7, 11) is 0. The average molecular weight is 252 g/mol. The molecule has 0 atom stereocenters. The van der Waals surface area contributed by atoms with Gasteiger partial charge in [-0.15, -0.1) is 0 Å². The van der Waals surface area contributed by atoms with E-state index in [1.54, 1.807) is 0 Å². The molecule has 104 valence electrons. The number of hydrogen-bond acceptors (Lipinski definition) is 2. The Morgan fingerprint density at radius 1 is 1.22 bits per heavy atom. The lowest BCUT2D eigenvalue weighted by Crippen LogP contribution is -2.46. The maximum Gasteiger partial charge on any atom is 0.312 e. The van der Waals surface area contributed by atoms with Gasteiger partial charge in [-0.05, 0) is 72.1 Å². The van der Waals surface area contributed by atoms with Crippen molar-refractivity contribution < 1.29 is 9.53 Å². The largest absolute Gasteiger partial charge is 0.459 e. The molecule has 2 saturated carbocycles. The van der Waals surface area contributed by atoms with E-state index in [1.807, 2.05) is 20.8 Å². The summed E-state index contributed by atoms with van der Waals surface area (Å²) in [5.41, 5.74) is -0.399. The molecule has 0 aromatic heterocycles. The van der Waals surface area contributed by atoms with Gasteiger partial charge in [0, 0.05) is 5.41 Å². The zero-order chi connectivity index (χ0) is 13.6. The predicted molar refractivity (Wildman–Crippen MR) is 73.3 cm³/mol. The van der Waals surface area contributed by atoms with Crippen LogP contribution in [-0.2, 0) is 9.53 Å². The molecule has 0 amide bonds. The first-order chi connectivity index (χ1) is 8.22. The molecule has 0 heterocycles. The van der Waals surface area contributed by atoms with Gasteiger partial charge in [0.15, 0.2) is 0 Å². The summed E-state index contributed by atoms with van der Waals surface area (Å²) in [6.07, 6.45) is 7.24. The fraction of sp³-hybridized carbons (Fsp3) is 0.938. The third-order valence-electron chi connectivity index (χ3n) is 5.80. The first-order valence-electron chi connectivity index (χ1n) is 7.46. The standard InChI is InChI=1S/C16H28O2/c1-6-14(2,3)13(17)18-15(4,5)16-9-7-12(11-16)8-10-16/h12H,6-11H2,1-5H3. The van der Waals surface area contributed by atoms with Gasteiger partial charge in [0.2, 0.25) is 0 Å². The summed E-state index contributed by atoms with van der Waals surface area (Å²) in [6.45, 7) is 10.3. The van der Waals surface area contributed by atoms with Gasteiger partial charge in [-0.3, -0.25) is 4.79 Å². The van der Waals surface area contributed by atoms with Crippen LogP contribution in [0.2, 0.25) is 0 Å². The lowest BCUT2D eigenvalue weighted by molar-refractivity contribution is -0.181. The van der Waals surface area contributed by atoms with E-state index in [2.05, 4.69) is 13.8 Å². The molecule has 0 unspecified atom stereocenters. The Balaban J connectivity index is 2.10. The molecule has 2 aliphatic rings. The summed E-state index contributed by atoms with van der Waals surface area (Å²) in [5, 5.41) is 0. The quantitative estimate of drug-likeness (QED) is 0.696. The van der Waals surface area contributed by atoms with Crippen LogP contribution in [0.3, 0.4) is 0 Å². The molecular formula is C16H28O2. The van der Waals surface area contributed by atoms with Gasteiger partial charge in [0.25, 0.3) is 0 Å². The fourth-order valence-electron chi connectivity index (χ4n) is 3.66. The molecular weight excluding hydrogens is 224 g/mol. The Labute approximate surface area is 111 Å². The molecule has 0 radical (unpaired) electrons. The predicted octanol–water partition coefficient (Wildman–Crippen LogP) is 4.32. The summed E-state index contributed by atoms with van der Waals surface area (Å²) < 4.78 is 5.96.